The number of hydrogen-bond acceptors (Lipinski definition) is 3. The highest BCUT2D eigenvalue weighted by Crippen LogP contribution is 2.22. The molecule has 1 aliphatic rings. The summed E-state index contributed by atoms with van der Waals surface area (Å²) in [6.45, 7) is 1.53. The Balaban J connectivity index is 2.17. The number of nitrogens with zero attached hydrogens (tertiary/aromatic N) is 3. The first kappa shape index (κ1) is 14.8. The number of carbonyl (C=O) groups excluding carboxylic acids is 1. The van der Waals surface area contributed by atoms with E-state index in [1.807, 2.05) is 19.0 Å². The van der Waals surface area contributed by atoms with Crippen molar-refractivity contribution in [3.8, 4) is 0 Å². The van der Waals surface area contributed by atoms with Crippen LogP contribution in [0.2, 0.25) is 5.15 Å². The highest BCUT2D eigenvalue weighted by Gasteiger charge is 2.27. The molecular weight excluding hydrogens is 330 g/mol. The van der Waals surface area contributed by atoms with Crippen molar-refractivity contribution < 1.29 is 4.79 Å². The quantitative estimate of drug-likeness (QED) is 0.773. The molecule has 0 radical (unpaired) electrons. The molecule has 0 aromatic carbocycles. The smallest absolute Gasteiger partial charge is 0.257 e. The largest absolute Gasteiger partial charge is 0.337 e. The molecule has 19 heavy (non-hydrogen) atoms. The molecule has 0 N–H and O–H groups in total. The SMILES string of the molecule is CN(C)C1CCCN(C(=O)c2cc(Br)cnc2Cl)C1. The van der Waals surface area contributed by atoms with Gasteiger partial charge in [-0.25, -0.2) is 4.98 Å². The zero-order valence-electron chi connectivity index (χ0n) is 11.1. The second-order valence-corrected chi connectivity index (χ2v) is 6.28. The van der Waals surface area contributed by atoms with Gasteiger partial charge in [-0.3, -0.25) is 4.79 Å². The van der Waals surface area contributed by atoms with Crippen molar-refractivity contribution in [3.05, 3.63) is 27.5 Å². The summed E-state index contributed by atoms with van der Waals surface area (Å²) >= 11 is 9.34. The Bertz CT molecular complexity index is 481. The molecule has 0 aliphatic carbocycles. The third kappa shape index (κ3) is 3.46. The maximum atomic E-state index is 12.5. The third-order valence-electron chi connectivity index (χ3n) is 3.45. The predicted molar refractivity (Wildman–Crippen MR) is 79.6 cm³/mol. The summed E-state index contributed by atoms with van der Waals surface area (Å²) in [5.74, 6) is -0.0367. The first-order chi connectivity index (χ1) is 8.99. The van der Waals surface area contributed by atoms with Gasteiger partial charge in [0.05, 0.1) is 5.56 Å². The molecule has 6 heteroatoms. The Morgan fingerprint density at radius 1 is 1.58 bits per heavy atom. The molecule has 1 aromatic rings. The minimum Gasteiger partial charge on any atom is -0.337 e. The number of likely N-dealkylation sites (N-methyl/N-ethyl adjacent to an activating group) is 1. The van der Waals surface area contributed by atoms with Gasteiger partial charge in [0.15, 0.2) is 0 Å². The molecular formula is C13H17BrClN3O. The summed E-state index contributed by atoms with van der Waals surface area (Å²) in [6, 6.07) is 2.15. The molecule has 1 unspecified atom stereocenters. The van der Waals surface area contributed by atoms with Crippen LogP contribution in [0, 0.1) is 0 Å². The van der Waals surface area contributed by atoms with Gasteiger partial charge >= 0.3 is 0 Å². The van der Waals surface area contributed by atoms with E-state index in [9.17, 15) is 4.79 Å². The van der Waals surface area contributed by atoms with E-state index in [1.54, 1.807) is 12.3 Å². The lowest BCUT2D eigenvalue weighted by Gasteiger charge is -2.36. The van der Waals surface area contributed by atoms with Crippen LogP contribution in [0.4, 0.5) is 0 Å². The first-order valence-electron chi connectivity index (χ1n) is 6.26. The van der Waals surface area contributed by atoms with E-state index in [-0.39, 0.29) is 11.1 Å². The number of carbonyl (C=O) groups is 1. The number of piperidine rings is 1. The Morgan fingerprint density at radius 3 is 3.00 bits per heavy atom. The average Bonchev–Trinajstić information content (AvgIpc) is 2.41. The number of likely N-dealkylation sites (tertiary alicyclic amines) is 1. The molecule has 2 rings (SSSR count). The van der Waals surface area contributed by atoms with Gasteiger partial charge in [0.2, 0.25) is 0 Å². The summed E-state index contributed by atoms with van der Waals surface area (Å²) in [6.07, 6.45) is 3.74. The highest BCUT2D eigenvalue weighted by atomic mass is 79.9. The van der Waals surface area contributed by atoms with Crippen molar-refractivity contribution in [1.82, 2.24) is 14.8 Å². The van der Waals surface area contributed by atoms with Gasteiger partial charge in [-0.05, 0) is 48.9 Å². The first-order valence-corrected chi connectivity index (χ1v) is 7.43. The van der Waals surface area contributed by atoms with E-state index in [0.717, 1.165) is 30.4 Å². The zero-order valence-corrected chi connectivity index (χ0v) is 13.4. The van der Waals surface area contributed by atoms with E-state index in [1.165, 1.54) is 0 Å². The summed E-state index contributed by atoms with van der Waals surface area (Å²) in [5.41, 5.74) is 0.468. The lowest BCUT2D eigenvalue weighted by Crippen LogP contribution is -2.47. The van der Waals surface area contributed by atoms with Gasteiger partial charge < -0.3 is 9.80 Å². The van der Waals surface area contributed by atoms with Crippen molar-refractivity contribution in [2.75, 3.05) is 27.2 Å². The molecule has 1 fully saturated rings. The molecule has 0 spiro atoms. The molecule has 104 valence electrons. The van der Waals surface area contributed by atoms with Crippen LogP contribution in [0.3, 0.4) is 0 Å². The molecule has 1 aliphatic heterocycles. The van der Waals surface area contributed by atoms with Gasteiger partial charge in [0.1, 0.15) is 5.15 Å². The topological polar surface area (TPSA) is 36.4 Å². The van der Waals surface area contributed by atoms with Crippen LogP contribution in [0.1, 0.15) is 23.2 Å². The minimum atomic E-state index is -0.0367. The monoisotopic (exact) mass is 345 g/mol. The molecule has 0 saturated carbocycles. The molecule has 0 bridgehead atoms. The van der Waals surface area contributed by atoms with E-state index in [4.69, 9.17) is 11.6 Å². The number of rotatable bonds is 2. The Kier molecular flexibility index (Phi) is 4.81. The van der Waals surface area contributed by atoms with Crippen LogP contribution in [0.5, 0.6) is 0 Å². The number of amides is 1. The van der Waals surface area contributed by atoms with Crippen molar-refractivity contribution in [1.29, 1.82) is 0 Å². The van der Waals surface area contributed by atoms with E-state index in [2.05, 4.69) is 25.8 Å². The fourth-order valence-corrected chi connectivity index (χ4v) is 2.82. The van der Waals surface area contributed by atoms with E-state index < -0.39 is 0 Å². The Morgan fingerprint density at radius 2 is 2.32 bits per heavy atom. The third-order valence-corrected chi connectivity index (χ3v) is 4.18. The molecule has 2 heterocycles. The van der Waals surface area contributed by atoms with Crippen LogP contribution >= 0.6 is 27.5 Å². The van der Waals surface area contributed by atoms with Gasteiger partial charge in [-0.1, -0.05) is 11.6 Å². The van der Waals surface area contributed by atoms with Crippen LogP contribution in [0.15, 0.2) is 16.7 Å². The Hall–Kier alpha value is -0.650. The number of hydrogen-bond donors (Lipinski definition) is 0. The lowest BCUT2D eigenvalue weighted by atomic mass is 10.0. The van der Waals surface area contributed by atoms with Crippen molar-refractivity contribution in [3.63, 3.8) is 0 Å². The van der Waals surface area contributed by atoms with Gasteiger partial charge in [0, 0.05) is 29.8 Å². The fraction of sp³-hybridized carbons (Fsp3) is 0.538. The predicted octanol–water partition coefficient (Wildman–Crippen LogP) is 2.66. The molecule has 1 saturated heterocycles. The zero-order chi connectivity index (χ0) is 14.0. The molecule has 4 nitrogen and oxygen atoms in total. The standard InChI is InChI=1S/C13H17BrClN3O/c1-17(2)10-4-3-5-18(8-10)13(19)11-6-9(14)7-16-12(11)15/h6-7,10H,3-5,8H2,1-2H3. The second kappa shape index (κ2) is 6.20. The highest BCUT2D eigenvalue weighted by molar-refractivity contribution is 9.10. The average molecular weight is 347 g/mol. The Labute approximate surface area is 126 Å². The maximum absolute atomic E-state index is 12.5. The maximum Gasteiger partial charge on any atom is 0.257 e. The minimum absolute atomic E-state index is 0.0367. The van der Waals surface area contributed by atoms with Crippen LogP contribution < -0.4 is 0 Å². The van der Waals surface area contributed by atoms with E-state index >= 15 is 0 Å². The lowest BCUT2D eigenvalue weighted by molar-refractivity contribution is 0.0635. The fourth-order valence-electron chi connectivity index (χ4n) is 2.30. The number of halogens is 2. The summed E-state index contributed by atoms with van der Waals surface area (Å²) in [4.78, 5) is 20.5. The van der Waals surface area contributed by atoms with Crippen LogP contribution in [-0.4, -0.2) is 53.9 Å². The number of pyridine rings is 1. The van der Waals surface area contributed by atoms with Crippen LogP contribution in [0.25, 0.3) is 0 Å². The van der Waals surface area contributed by atoms with Gasteiger partial charge in [-0.15, -0.1) is 0 Å². The van der Waals surface area contributed by atoms with E-state index in [0.29, 0.717) is 11.6 Å². The second-order valence-electron chi connectivity index (χ2n) is 5.00. The van der Waals surface area contributed by atoms with Crippen molar-refractivity contribution >= 4 is 33.4 Å². The number of aromatic nitrogens is 1. The summed E-state index contributed by atoms with van der Waals surface area (Å²) in [7, 11) is 4.10. The molecule has 1 atom stereocenters. The van der Waals surface area contributed by atoms with Crippen molar-refractivity contribution in [2.45, 2.75) is 18.9 Å². The molecule has 1 aromatic heterocycles. The normalized spacial score (nSPS) is 19.8. The van der Waals surface area contributed by atoms with Crippen LogP contribution in [-0.2, 0) is 0 Å². The summed E-state index contributed by atoms with van der Waals surface area (Å²) in [5, 5.41) is 0.264. The van der Waals surface area contributed by atoms with Gasteiger partial charge in [0.25, 0.3) is 5.91 Å². The summed E-state index contributed by atoms with van der Waals surface area (Å²) < 4.78 is 0.765. The molecule has 1 amide bonds. The van der Waals surface area contributed by atoms with Gasteiger partial charge in [-0.2, -0.15) is 0 Å². The van der Waals surface area contributed by atoms with Crippen molar-refractivity contribution in [2.24, 2.45) is 0 Å².